The van der Waals surface area contributed by atoms with Gasteiger partial charge in [0.05, 0.1) is 5.56 Å². The van der Waals surface area contributed by atoms with Crippen LogP contribution in [-0.2, 0) is 17.5 Å². The van der Waals surface area contributed by atoms with Crippen molar-refractivity contribution in [2.75, 3.05) is 0 Å². The summed E-state index contributed by atoms with van der Waals surface area (Å²) in [6.45, 7) is 0.305. The molecular formula is C19H22F3NO. The van der Waals surface area contributed by atoms with Crippen LogP contribution in [0, 0.1) is 29.6 Å². The second-order valence-corrected chi connectivity index (χ2v) is 7.87. The molecule has 0 aromatic heterocycles. The third-order valence-electron chi connectivity index (χ3n) is 6.28. The van der Waals surface area contributed by atoms with Gasteiger partial charge in [0, 0.05) is 12.5 Å². The molecule has 1 aromatic carbocycles. The van der Waals surface area contributed by atoms with Crippen LogP contribution in [0.25, 0.3) is 0 Å². The highest BCUT2D eigenvalue weighted by molar-refractivity contribution is 5.79. The first-order valence-electron chi connectivity index (χ1n) is 8.84. The molecule has 130 valence electrons. The zero-order valence-electron chi connectivity index (χ0n) is 13.5. The average Bonchev–Trinajstić information content (AvgIpc) is 2.51. The maximum atomic E-state index is 12.6. The topological polar surface area (TPSA) is 29.1 Å². The summed E-state index contributed by atoms with van der Waals surface area (Å²) < 4.78 is 37.7. The van der Waals surface area contributed by atoms with Gasteiger partial charge in [0.2, 0.25) is 5.91 Å². The molecule has 1 N–H and O–H groups in total. The van der Waals surface area contributed by atoms with E-state index in [2.05, 4.69) is 5.32 Å². The number of hydrogen-bond donors (Lipinski definition) is 1. The number of carbonyl (C=O) groups excluding carboxylic acids is 1. The molecule has 4 aliphatic rings. The summed E-state index contributed by atoms with van der Waals surface area (Å²) in [6, 6.07) is 5.04. The summed E-state index contributed by atoms with van der Waals surface area (Å²) in [6.07, 6.45) is 1.78. The minimum absolute atomic E-state index is 0.101. The number of alkyl halides is 3. The number of carbonyl (C=O) groups is 1. The molecule has 1 aromatic rings. The van der Waals surface area contributed by atoms with Crippen molar-refractivity contribution in [3.63, 3.8) is 0 Å². The van der Waals surface area contributed by atoms with Gasteiger partial charge in [-0.15, -0.1) is 0 Å². The quantitative estimate of drug-likeness (QED) is 0.870. The third-order valence-corrected chi connectivity index (χ3v) is 6.28. The van der Waals surface area contributed by atoms with E-state index in [4.69, 9.17) is 0 Å². The van der Waals surface area contributed by atoms with Gasteiger partial charge in [-0.05, 0) is 73.5 Å². The maximum Gasteiger partial charge on any atom is 0.416 e. The van der Waals surface area contributed by atoms with Crippen LogP contribution in [0.1, 0.15) is 43.2 Å². The molecule has 1 amide bonds. The molecule has 0 radical (unpaired) electrons. The lowest BCUT2D eigenvalue weighted by Gasteiger charge is -2.53. The molecule has 0 atom stereocenters. The minimum atomic E-state index is -4.32. The Morgan fingerprint density at radius 3 is 2.00 bits per heavy atom. The van der Waals surface area contributed by atoms with Crippen molar-refractivity contribution in [2.24, 2.45) is 29.6 Å². The highest BCUT2D eigenvalue weighted by Crippen LogP contribution is 2.56. The molecule has 5 rings (SSSR count). The van der Waals surface area contributed by atoms with Crippen molar-refractivity contribution in [3.05, 3.63) is 35.4 Å². The molecule has 0 unspecified atom stereocenters. The van der Waals surface area contributed by atoms with Gasteiger partial charge in [0.15, 0.2) is 0 Å². The second-order valence-electron chi connectivity index (χ2n) is 7.87. The van der Waals surface area contributed by atoms with E-state index < -0.39 is 11.7 Å². The summed E-state index contributed by atoms with van der Waals surface area (Å²) in [5.41, 5.74) is 0.0544. The van der Waals surface area contributed by atoms with E-state index in [1.165, 1.54) is 44.2 Å². The van der Waals surface area contributed by atoms with Crippen molar-refractivity contribution >= 4 is 5.91 Å². The van der Waals surface area contributed by atoms with Gasteiger partial charge in [-0.25, -0.2) is 0 Å². The molecular weight excluding hydrogens is 315 g/mol. The van der Waals surface area contributed by atoms with Crippen LogP contribution in [0.5, 0.6) is 0 Å². The fourth-order valence-corrected chi connectivity index (χ4v) is 5.47. The lowest BCUT2D eigenvalue weighted by atomic mass is 9.51. The SMILES string of the molecule is O=C(NCc1ccc(C(F)(F)F)cc1)C1C2CC3CC(C2)CC1C3. The third kappa shape index (κ3) is 2.93. The van der Waals surface area contributed by atoms with Crippen LogP contribution in [-0.4, -0.2) is 5.91 Å². The molecule has 0 aliphatic heterocycles. The first-order valence-corrected chi connectivity index (χ1v) is 8.84. The van der Waals surface area contributed by atoms with E-state index in [0.29, 0.717) is 23.9 Å². The largest absolute Gasteiger partial charge is 0.416 e. The van der Waals surface area contributed by atoms with E-state index in [0.717, 1.165) is 24.0 Å². The molecule has 4 bridgehead atoms. The van der Waals surface area contributed by atoms with E-state index in [9.17, 15) is 18.0 Å². The Bertz CT molecular complexity index is 594. The standard InChI is InChI=1S/C19H22F3NO/c20-19(21,22)16-3-1-11(2-4-16)10-23-18(24)17-14-6-12-5-13(8-14)9-15(17)7-12/h1-4,12-15,17H,5-10H2,(H,23,24). The van der Waals surface area contributed by atoms with Crippen molar-refractivity contribution in [2.45, 2.75) is 44.8 Å². The molecule has 0 heterocycles. The Labute approximate surface area is 139 Å². The van der Waals surface area contributed by atoms with Gasteiger partial charge >= 0.3 is 6.18 Å². The maximum absolute atomic E-state index is 12.6. The van der Waals surface area contributed by atoms with Crippen LogP contribution in [0.15, 0.2) is 24.3 Å². The summed E-state index contributed by atoms with van der Waals surface area (Å²) in [5, 5.41) is 2.96. The summed E-state index contributed by atoms with van der Waals surface area (Å²) in [7, 11) is 0. The normalized spacial score (nSPS) is 34.4. The van der Waals surface area contributed by atoms with Crippen LogP contribution in [0.2, 0.25) is 0 Å². The van der Waals surface area contributed by atoms with Gasteiger partial charge in [0.1, 0.15) is 0 Å². The first-order chi connectivity index (χ1) is 11.4. The Hall–Kier alpha value is -1.52. The zero-order valence-corrected chi connectivity index (χ0v) is 13.5. The molecule has 0 saturated heterocycles. The first kappa shape index (κ1) is 16.0. The van der Waals surface area contributed by atoms with E-state index in [1.807, 2.05) is 0 Å². The molecule has 4 aliphatic carbocycles. The van der Waals surface area contributed by atoms with Crippen LogP contribution in [0.4, 0.5) is 13.2 Å². The smallest absolute Gasteiger partial charge is 0.352 e. The van der Waals surface area contributed by atoms with E-state index in [1.54, 1.807) is 0 Å². The summed E-state index contributed by atoms with van der Waals surface area (Å²) in [5.74, 6) is 2.91. The van der Waals surface area contributed by atoms with Crippen molar-refractivity contribution in [1.29, 1.82) is 0 Å². The average molecular weight is 337 g/mol. The Morgan fingerprint density at radius 2 is 1.50 bits per heavy atom. The summed E-state index contributed by atoms with van der Waals surface area (Å²) in [4.78, 5) is 12.6. The van der Waals surface area contributed by atoms with E-state index in [-0.39, 0.29) is 11.8 Å². The molecule has 5 heteroatoms. The Morgan fingerprint density at radius 1 is 0.958 bits per heavy atom. The fourth-order valence-electron chi connectivity index (χ4n) is 5.47. The van der Waals surface area contributed by atoms with Crippen LogP contribution >= 0.6 is 0 Å². The highest BCUT2D eigenvalue weighted by atomic mass is 19.4. The second kappa shape index (κ2) is 5.78. The van der Waals surface area contributed by atoms with Gasteiger partial charge in [-0.1, -0.05) is 12.1 Å². The van der Waals surface area contributed by atoms with Gasteiger partial charge < -0.3 is 5.32 Å². The Balaban J connectivity index is 1.37. The van der Waals surface area contributed by atoms with Gasteiger partial charge in [-0.2, -0.15) is 13.2 Å². The van der Waals surface area contributed by atoms with Crippen molar-refractivity contribution in [3.8, 4) is 0 Å². The lowest BCUT2D eigenvalue weighted by Crippen LogP contribution is -2.50. The predicted octanol–water partition coefficient (Wildman–Crippen LogP) is 4.39. The van der Waals surface area contributed by atoms with Crippen LogP contribution < -0.4 is 5.32 Å². The number of amides is 1. The molecule has 4 saturated carbocycles. The molecule has 24 heavy (non-hydrogen) atoms. The fraction of sp³-hybridized carbons (Fsp3) is 0.632. The molecule has 4 fully saturated rings. The lowest BCUT2D eigenvalue weighted by molar-refractivity contribution is -0.139. The molecule has 0 spiro atoms. The monoisotopic (exact) mass is 337 g/mol. The number of nitrogens with one attached hydrogen (secondary N) is 1. The van der Waals surface area contributed by atoms with Crippen molar-refractivity contribution in [1.82, 2.24) is 5.32 Å². The summed E-state index contributed by atoms with van der Waals surface area (Å²) >= 11 is 0. The molecule has 2 nitrogen and oxygen atoms in total. The number of halogens is 3. The number of rotatable bonds is 3. The van der Waals surface area contributed by atoms with Gasteiger partial charge in [-0.3, -0.25) is 4.79 Å². The number of benzene rings is 1. The van der Waals surface area contributed by atoms with Crippen LogP contribution in [0.3, 0.4) is 0 Å². The zero-order chi connectivity index (χ0) is 16.9. The Kier molecular flexibility index (Phi) is 3.85. The van der Waals surface area contributed by atoms with Gasteiger partial charge in [0.25, 0.3) is 0 Å². The predicted molar refractivity (Wildman–Crippen MR) is 83.8 cm³/mol. The van der Waals surface area contributed by atoms with E-state index >= 15 is 0 Å². The minimum Gasteiger partial charge on any atom is -0.352 e. The highest BCUT2D eigenvalue weighted by Gasteiger charge is 2.50. The number of hydrogen-bond acceptors (Lipinski definition) is 1. The van der Waals surface area contributed by atoms with Crippen molar-refractivity contribution < 1.29 is 18.0 Å².